The Labute approximate surface area is 121 Å². The van der Waals surface area contributed by atoms with E-state index >= 15 is 0 Å². The van der Waals surface area contributed by atoms with Crippen LogP contribution in [-0.4, -0.2) is 41.2 Å². The van der Waals surface area contributed by atoms with Crippen LogP contribution in [0.1, 0.15) is 18.4 Å². The molecule has 1 heterocycles. The van der Waals surface area contributed by atoms with Gasteiger partial charge in [0.15, 0.2) is 12.4 Å². The molecule has 0 atom stereocenters. The minimum absolute atomic E-state index is 0.0847. The van der Waals surface area contributed by atoms with Crippen molar-refractivity contribution in [2.45, 2.75) is 19.8 Å². The number of Topliss-reactive ketones (excluding diaryl/α,β-unsaturated/α-hetero) is 1. The highest BCUT2D eigenvalue weighted by Gasteiger charge is 2.22. The van der Waals surface area contributed by atoms with Crippen molar-refractivity contribution in [1.82, 2.24) is 4.90 Å². The monoisotopic (exact) mass is 292 g/mol. The minimum atomic E-state index is -0.543. The highest BCUT2D eigenvalue weighted by molar-refractivity contribution is 5.84. The smallest absolute Gasteiger partial charge is 0.310 e. The van der Waals surface area contributed by atoms with Gasteiger partial charge in [-0.25, -0.2) is 0 Å². The van der Waals surface area contributed by atoms with Gasteiger partial charge in [-0.3, -0.25) is 19.7 Å². The first kappa shape index (κ1) is 15.0. The zero-order valence-electron chi connectivity index (χ0n) is 11.7. The molecule has 112 valence electrons. The molecule has 1 fully saturated rings. The Morgan fingerprint density at radius 3 is 2.67 bits per heavy atom. The summed E-state index contributed by atoms with van der Waals surface area (Å²) in [5.41, 5.74) is 0.647. The van der Waals surface area contributed by atoms with Crippen molar-refractivity contribution in [3.05, 3.63) is 33.9 Å². The summed E-state index contributed by atoms with van der Waals surface area (Å²) in [5, 5.41) is 10.9. The maximum Gasteiger partial charge on any atom is 0.310 e. The van der Waals surface area contributed by atoms with Gasteiger partial charge >= 0.3 is 5.69 Å². The van der Waals surface area contributed by atoms with E-state index in [0.29, 0.717) is 25.9 Å². The molecule has 1 aromatic carbocycles. The molecular formula is C14H16N2O5. The van der Waals surface area contributed by atoms with Crippen LogP contribution in [0, 0.1) is 17.0 Å². The second-order valence-electron chi connectivity index (χ2n) is 4.94. The second-order valence-corrected chi connectivity index (χ2v) is 4.94. The zero-order valence-corrected chi connectivity index (χ0v) is 11.7. The summed E-state index contributed by atoms with van der Waals surface area (Å²) in [6, 6.07) is 4.50. The summed E-state index contributed by atoms with van der Waals surface area (Å²) >= 11 is 0. The van der Waals surface area contributed by atoms with Gasteiger partial charge in [0, 0.05) is 32.0 Å². The van der Waals surface area contributed by atoms with Gasteiger partial charge in [-0.15, -0.1) is 0 Å². The number of hydrogen-bond acceptors (Lipinski definition) is 5. The molecule has 0 radical (unpaired) electrons. The molecule has 0 saturated carbocycles. The Morgan fingerprint density at radius 1 is 1.38 bits per heavy atom. The molecule has 7 heteroatoms. The number of hydrogen-bond donors (Lipinski definition) is 0. The lowest BCUT2D eigenvalue weighted by atomic mass is 10.1. The van der Waals surface area contributed by atoms with Crippen molar-refractivity contribution >= 4 is 17.4 Å². The molecule has 0 unspecified atom stereocenters. The largest absolute Gasteiger partial charge is 0.477 e. The van der Waals surface area contributed by atoms with E-state index in [2.05, 4.69) is 0 Å². The molecule has 0 aromatic heterocycles. The maximum absolute atomic E-state index is 12.0. The van der Waals surface area contributed by atoms with Gasteiger partial charge in [0.2, 0.25) is 0 Å². The van der Waals surface area contributed by atoms with Crippen molar-refractivity contribution in [2.24, 2.45) is 0 Å². The first-order chi connectivity index (χ1) is 9.97. The molecular weight excluding hydrogens is 276 g/mol. The van der Waals surface area contributed by atoms with Crippen LogP contribution in [0.3, 0.4) is 0 Å². The fourth-order valence-electron chi connectivity index (χ4n) is 2.12. The third-order valence-corrected chi connectivity index (χ3v) is 3.34. The van der Waals surface area contributed by atoms with E-state index in [-0.39, 0.29) is 29.7 Å². The van der Waals surface area contributed by atoms with Gasteiger partial charge in [-0.1, -0.05) is 6.07 Å². The molecule has 1 aromatic rings. The summed E-state index contributed by atoms with van der Waals surface area (Å²) in [5.74, 6) is -0.0333. The standard InChI is InChI=1S/C14H16N2O5/c1-10-2-3-12(16(19)20)13(8-10)21-9-14(18)15-6-4-11(17)5-7-15/h2-3,8H,4-7,9H2,1H3. The molecule has 1 amide bonds. The third-order valence-electron chi connectivity index (χ3n) is 3.34. The number of ether oxygens (including phenoxy) is 1. The number of carbonyl (C=O) groups excluding carboxylic acids is 2. The van der Waals surface area contributed by atoms with Crippen molar-refractivity contribution < 1.29 is 19.2 Å². The van der Waals surface area contributed by atoms with E-state index in [9.17, 15) is 19.7 Å². The fourth-order valence-corrected chi connectivity index (χ4v) is 2.12. The molecule has 0 bridgehead atoms. The Kier molecular flexibility index (Phi) is 4.52. The first-order valence-electron chi connectivity index (χ1n) is 6.64. The summed E-state index contributed by atoms with van der Waals surface area (Å²) in [4.78, 5) is 35.0. The van der Waals surface area contributed by atoms with E-state index in [1.54, 1.807) is 17.9 Å². The minimum Gasteiger partial charge on any atom is -0.477 e. The quantitative estimate of drug-likeness (QED) is 0.619. The van der Waals surface area contributed by atoms with E-state index in [1.807, 2.05) is 0 Å². The second kappa shape index (κ2) is 6.34. The van der Waals surface area contributed by atoms with Crippen LogP contribution >= 0.6 is 0 Å². The number of rotatable bonds is 4. The first-order valence-corrected chi connectivity index (χ1v) is 6.64. The molecule has 0 spiro atoms. The highest BCUT2D eigenvalue weighted by atomic mass is 16.6. The highest BCUT2D eigenvalue weighted by Crippen LogP contribution is 2.27. The molecule has 0 aliphatic carbocycles. The molecule has 2 rings (SSSR count). The van der Waals surface area contributed by atoms with E-state index in [1.165, 1.54) is 12.1 Å². The van der Waals surface area contributed by atoms with Crippen molar-refractivity contribution in [2.75, 3.05) is 19.7 Å². The number of ketones is 1. The summed E-state index contributed by atoms with van der Waals surface area (Å²) in [6.07, 6.45) is 0.715. The molecule has 21 heavy (non-hydrogen) atoms. The predicted octanol–water partition coefficient (Wildman–Crippen LogP) is 1.47. The predicted molar refractivity (Wildman–Crippen MR) is 74.1 cm³/mol. The van der Waals surface area contributed by atoms with E-state index < -0.39 is 4.92 Å². The Balaban J connectivity index is 1.99. The molecule has 1 aliphatic rings. The van der Waals surface area contributed by atoms with Crippen molar-refractivity contribution in [3.63, 3.8) is 0 Å². The van der Waals surface area contributed by atoms with Crippen LogP contribution in [0.15, 0.2) is 18.2 Å². The van der Waals surface area contributed by atoms with Crippen LogP contribution in [0.25, 0.3) is 0 Å². The average molecular weight is 292 g/mol. The van der Waals surface area contributed by atoms with Crippen molar-refractivity contribution in [3.8, 4) is 5.75 Å². The SMILES string of the molecule is Cc1ccc([N+](=O)[O-])c(OCC(=O)N2CCC(=O)CC2)c1. The van der Waals surface area contributed by atoms with Crippen molar-refractivity contribution in [1.29, 1.82) is 0 Å². The number of aryl methyl sites for hydroxylation is 1. The summed E-state index contributed by atoms with van der Waals surface area (Å²) in [7, 11) is 0. The lowest BCUT2D eigenvalue weighted by Gasteiger charge is -2.25. The van der Waals surface area contributed by atoms with Gasteiger partial charge in [-0.2, -0.15) is 0 Å². The number of nitro groups is 1. The molecule has 0 N–H and O–H groups in total. The van der Waals surface area contributed by atoms with E-state index in [4.69, 9.17) is 4.74 Å². The number of benzene rings is 1. The van der Waals surface area contributed by atoms with Crippen LogP contribution in [0.2, 0.25) is 0 Å². The van der Waals surface area contributed by atoms with Crippen LogP contribution in [0.5, 0.6) is 5.75 Å². The van der Waals surface area contributed by atoms with Crippen LogP contribution < -0.4 is 4.74 Å². The molecule has 1 saturated heterocycles. The topological polar surface area (TPSA) is 89.8 Å². The zero-order chi connectivity index (χ0) is 15.4. The Hall–Kier alpha value is -2.44. The average Bonchev–Trinajstić information content (AvgIpc) is 2.45. The number of amides is 1. The number of piperidine rings is 1. The van der Waals surface area contributed by atoms with Gasteiger partial charge in [0.1, 0.15) is 5.78 Å². The number of likely N-dealkylation sites (tertiary alicyclic amines) is 1. The van der Waals surface area contributed by atoms with Gasteiger partial charge in [0.25, 0.3) is 5.91 Å². The van der Waals surface area contributed by atoms with E-state index in [0.717, 1.165) is 5.56 Å². The van der Waals surface area contributed by atoms with Gasteiger partial charge in [0.05, 0.1) is 4.92 Å². The number of nitrogens with zero attached hydrogens (tertiary/aromatic N) is 2. The van der Waals surface area contributed by atoms with Crippen LogP contribution in [-0.2, 0) is 9.59 Å². The summed E-state index contributed by atoms with van der Waals surface area (Å²) in [6.45, 7) is 2.29. The van der Waals surface area contributed by atoms with Gasteiger partial charge in [-0.05, 0) is 18.6 Å². The lowest BCUT2D eigenvalue weighted by Crippen LogP contribution is -2.41. The number of carbonyl (C=O) groups is 2. The maximum atomic E-state index is 12.0. The Morgan fingerprint density at radius 2 is 2.05 bits per heavy atom. The lowest BCUT2D eigenvalue weighted by molar-refractivity contribution is -0.385. The van der Waals surface area contributed by atoms with Crippen LogP contribution in [0.4, 0.5) is 5.69 Å². The normalized spacial score (nSPS) is 14.9. The number of nitro benzene ring substituents is 1. The van der Waals surface area contributed by atoms with Gasteiger partial charge < -0.3 is 9.64 Å². The third kappa shape index (κ3) is 3.77. The Bertz CT molecular complexity index is 575. The molecule has 1 aliphatic heterocycles. The summed E-state index contributed by atoms with van der Waals surface area (Å²) < 4.78 is 5.30. The molecule has 7 nitrogen and oxygen atoms in total. The fraction of sp³-hybridized carbons (Fsp3) is 0.429.